The predicted octanol–water partition coefficient (Wildman–Crippen LogP) is 0.104. The molecule has 0 heterocycles. The van der Waals surface area contributed by atoms with Crippen molar-refractivity contribution in [2.75, 3.05) is 26.2 Å². The van der Waals surface area contributed by atoms with E-state index in [0.29, 0.717) is 0 Å². The number of nitrogens with two attached hydrogens (primary N) is 4. The Kier molecular flexibility index (Phi) is 32.2. The number of rotatable bonds is 10. The van der Waals surface area contributed by atoms with Gasteiger partial charge < -0.3 is 28.4 Å². The first-order valence-electron chi connectivity index (χ1n) is 6.63. The zero-order valence-electron chi connectivity index (χ0n) is 11.3. The van der Waals surface area contributed by atoms with Crippen molar-refractivity contribution in [1.82, 2.24) is 0 Å². The molecule has 0 rings (SSSR count). The van der Waals surface area contributed by atoms with Crippen LogP contribution in [0.15, 0.2) is 0 Å². The van der Waals surface area contributed by atoms with Gasteiger partial charge in [0.2, 0.25) is 0 Å². The third-order valence-corrected chi connectivity index (χ3v) is 2.32. The smallest absolute Gasteiger partial charge is 0.00773 e. The van der Waals surface area contributed by atoms with Crippen molar-refractivity contribution >= 4 is 0 Å². The molecule has 0 aliphatic carbocycles. The Morgan fingerprint density at radius 3 is 0.647 bits per heavy atom. The van der Waals surface area contributed by atoms with Gasteiger partial charge in [0.1, 0.15) is 0 Å². The average molecular weight is 250 g/mol. The Bertz CT molecular complexity index is 80.5. The minimum atomic E-state index is 0. The van der Waals surface area contributed by atoms with Gasteiger partial charge in [-0.1, -0.05) is 25.7 Å². The van der Waals surface area contributed by atoms with E-state index in [1.54, 1.807) is 0 Å². The molecule has 0 atom stereocenters. The van der Waals surface area contributed by atoms with Crippen molar-refractivity contribution in [3.8, 4) is 0 Å². The monoisotopic (exact) mass is 250 g/mol. The first-order valence-corrected chi connectivity index (χ1v) is 6.63. The summed E-state index contributed by atoms with van der Waals surface area (Å²) in [5.41, 5.74) is 21.1. The molecule has 0 aliphatic heterocycles. The molecule has 0 aliphatic rings. The molecular formula is C12H34N4O. The summed E-state index contributed by atoms with van der Waals surface area (Å²) < 4.78 is 0. The Hall–Kier alpha value is -0.200. The largest absolute Gasteiger partial charge is 0.412 e. The van der Waals surface area contributed by atoms with Crippen molar-refractivity contribution in [3.05, 3.63) is 0 Å². The summed E-state index contributed by atoms with van der Waals surface area (Å²) in [5, 5.41) is 0. The zero-order valence-corrected chi connectivity index (χ0v) is 11.3. The van der Waals surface area contributed by atoms with Crippen LogP contribution in [0.4, 0.5) is 0 Å². The fourth-order valence-electron chi connectivity index (χ4n) is 1.28. The van der Waals surface area contributed by atoms with Crippen LogP contribution in [0.1, 0.15) is 51.4 Å². The molecule has 0 spiro atoms. The molecule has 5 heteroatoms. The lowest BCUT2D eigenvalue weighted by atomic mass is 10.2. The second-order valence-corrected chi connectivity index (χ2v) is 3.98. The molecule has 0 bridgehead atoms. The van der Waals surface area contributed by atoms with Gasteiger partial charge in [0.05, 0.1) is 0 Å². The lowest BCUT2D eigenvalue weighted by Gasteiger charge is -1.94. The summed E-state index contributed by atoms with van der Waals surface area (Å²) in [6, 6.07) is 0. The van der Waals surface area contributed by atoms with Gasteiger partial charge in [0.25, 0.3) is 0 Å². The second kappa shape index (κ2) is 24.9. The normalized spacial score (nSPS) is 9.18. The van der Waals surface area contributed by atoms with E-state index in [4.69, 9.17) is 22.9 Å². The Morgan fingerprint density at radius 2 is 0.529 bits per heavy atom. The fraction of sp³-hybridized carbons (Fsp3) is 1.00. The van der Waals surface area contributed by atoms with E-state index < -0.39 is 0 Å². The number of hydrogen-bond donors (Lipinski definition) is 4. The highest BCUT2D eigenvalue weighted by atomic mass is 16.0. The van der Waals surface area contributed by atoms with E-state index in [-0.39, 0.29) is 5.48 Å². The van der Waals surface area contributed by atoms with Gasteiger partial charge in [0.15, 0.2) is 0 Å². The zero-order chi connectivity index (χ0) is 12.5. The van der Waals surface area contributed by atoms with Crippen LogP contribution in [0.2, 0.25) is 0 Å². The van der Waals surface area contributed by atoms with Crippen LogP contribution in [0.3, 0.4) is 0 Å². The van der Waals surface area contributed by atoms with E-state index in [9.17, 15) is 0 Å². The van der Waals surface area contributed by atoms with Crippen LogP contribution in [-0.2, 0) is 0 Å². The summed E-state index contributed by atoms with van der Waals surface area (Å²) in [5.74, 6) is 0. The molecule has 0 aromatic heterocycles. The van der Waals surface area contributed by atoms with E-state index in [2.05, 4.69) is 0 Å². The van der Waals surface area contributed by atoms with Crippen molar-refractivity contribution in [2.45, 2.75) is 51.4 Å². The Labute approximate surface area is 107 Å². The van der Waals surface area contributed by atoms with Crippen LogP contribution in [0, 0.1) is 0 Å². The number of unbranched alkanes of at least 4 members (excludes halogenated alkanes) is 6. The molecule has 5 nitrogen and oxygen atoms in total. The topological polar surface area (TPSA) is 136 Å². The first-order chi connectivity index (χ1) is 7.83. The fourth-order valence-corrected chi connectivity index (χ4v) is 1.28. The molecule has 0 saturated carbocycles. The third-order valence-electron chi connectivity index (χ3n) is 2.32. The summed E-state index contributed by atoms with van der Waals surface area (Å²) in [4.78, 5) is 0. The van der Waals surface area contributed by atoms with E-state index in [1.165, 1.54) is 25.7 Å². The lowest BCUT2D eigenvalue weighted by molar-refractivity contribution is 0.653. The molecule has 0 radical (unpaired) electrons. The van der Waals surface area contributed by atoms with E-state index >= 15 is 0 Å². The highest BCUT2D eigenvalue weighted by molar-refractivity contribution is 4.43. The minimum Gasteiger partial charge on any atom is -0.412 e. The van der Waals surface area contributed by atoms with Gasteiger partial charge in [0, 0.05) is 0 Å². The van der Waals surface area contributed by atoms with E-state index in [0.717, 1.165) is 51.9 Å². The minimum absolute atomic E-state index is 0. The van der Waals surface area contributed by atoms with Gasteiger partial charge in [-0.05, 0) is 51.9 Å². The number of hydrogen-bond acceptors (Lipinski definition) is 4. The average Bonchev–Trinajstić information content (AvgIpc) is 2.31. The first kappa shape index (κ1) is 22.0. The highest BCUT2D eigenvalue weighted by Gasteiger charge is 1.84. The van der Waals surface area contributed by atoms with Crippen molar-refractivity contribution in [2.24, 2.45) is 22.9 Å². The molecule has 0 fully saturated rings. The van der Waals surface area contributed by atoms with Crippen molar-refractivity contribution < 1.29 is 5.48 Å². The maximum absolute atomic E-state index is 5.28. The van der Waals surface area contributed by atoms with Crippen LogP contribution >= 0.6 is 0 Å². The van der Waals surface area contributed by atoms with Crippen molar-refractivity contribution in [1.29, 1.82) is 0 Å². The summed E-state index contributed by atoms with van der Waals surface area (Å²) >= 11 is 0. The van der Waals surface area contributed by atoms with Gasteiger partial charge >= 0.3 is 0 Å². The van der Waals surface area contributed by atoms with Gasteiger partial charge in [-0.25, -0.2) is 0 Å². The van der Waals surface area contributed by atoms with Gasteiger partial charge in [-0.15, -0.1) is 0 Å². The third kappa shape index (κ3) is 31.3. The Balaban J connectivity index is -0.000000218. The standard InChI is InChI=1S/2C6H16N2.H2O/c2*7-5-3-1-2-4-6-8;/h2*1-8H2;1H2. The van der Waals surface area contributed by atoms with Crippen LogP contribution < -0.4 is 22.9 Å². The van der Waals surface area contributed by atoms with Crippen LogP contribution in [0.25, 0.3) is 0 Å². The Morgan fingerprint density at radius 1 is 0.353 bits per heavy atom. The van der Waals surface area contributed by atoms with E-state index in [1.807, 2.05) is 0 Å². The summed E-state index contributed by atoms with van der Waals surface area (Å²) in [6.45, 7) is 3.30. The molecule has 0 aromatic rings. The highest BCUT2D eigenvalue weighted by Crippen LogP contribution is 1.95. The lowest BCUT2D eigenvalue weighted by Crippen LogP contribution is -2.00. The predicted molar refractivity (Wildman–Crippen MR) is 76.8 cm³/mol. The molecule has 10 N–H and O–H groups in total. The quantitative estimate of drug-likeness (QED) is 0.409. The molecule has 17 heavy (non-hydrogen) atoms. The summed E-state index contributed by atoms with van der Waals surface area (Å²) in [7, 11) is 0. The molecule has 0 aromatic carbocycles. The SMILES string of the molecule is NCCCCCCN.NCCCCCCN.O. The maximum Gasteiger partial charge on any atom is -0.00773 e. The molecule has 0 unspecified atom stereocenters. The van der Waals surface area contributed by atoms with Gasteiger partial charge in [-0.3, -0.25) is 0 Å². The maximum atomic E-state index is 5.28. The summed E-state index contributed by atoms with van der Waals surface area (Å²) in [6.07, 6.45) is 9.59. The molecule has 0 saturated heterocycles. The van der Waals surface area contributed by atoms with Crippen LogP contribution in [0.5, 0.6) is 0 Å². The molecular weight excluding hydrogens is 216 g/mol. The molecule has 0 amide bonds. The van der Waals surface area contributed by atoms with Crippen molar-refractivity contribution in [3.63, 3.8) is 0 Å². The van der Waals surface area contributed by atoms with Gasteiger partial charge in [-0.2, -0.15) is 0 Å². The molecule has 108 valence electrons. The second-order valence-electron chi connectivity index (χ2n) is 3.98. The van der Waals surface area contributed by atoms with Crippen LogP contribution in [-0.4, -0.2) is 31.7 Å².